The number of carbonyl (C=O) groups is 1. The Balaban J connectivity index is 1.92. The number of nitrogen functional groups attached to an aromatic ring is 1. The van der Waals surface area contributed by atoms with Crippen LogP contribution in [0.5, 0.6) is 5.75 Å². The molecule has 0 radical (unpaired) electrons. The number of aliphatic hydroxyl groups is 1. The molecule has 98 valence electrons. The molecule has 18 heavy (non-hydrogen) atoms. The third-order valence-electron chi connectivity index (χ3n) is 3.26. The Bertz CT molecular complexity index is 442. The van der Waals surface area contributed by atoms with Crippen LogP contribution in [-0.4, -0.2) is 30.8 Å². The fourth-order valence-electron chi connectivity index (χ4n) is 2.06. The Morgan fingerprint density at radius 2 is 2.28 bits per heavy atom. The predicted octanol–water partition coefficient (Wildman–Crippen LogP) is 0.778. The Hall–Kier alpha value is -1.75. The first kappa shape index (κ1) is 12.7. The lowest BCUT2D eigenvalue weighted by Gasteiger charge is -2.31. The molecule has 1 saturated carbocycles. The fraction of sp³-hybridized carbons (Fsp3) is 0.462. The standard InChI is InChI=1S/C13H18N2O3/c1-18-12-6-9(2-3-11(12)14)13(17)15-7-8-4-10(16)5-8/h2-3,6,8,10,16H,4-5,7,14H2,1H3,(H,15,17). The molecular weight excluding hydrogens is 232 g/mol. The van der Waals surface area contributed by atoms with Crippen molar-refractivity contribution in [3.05, 3.63) is 23.8 Å². The Morgan fingerprint density at radius 1 is 1.56 bits per heavy atom. The van der Waals surface area contributed by atoms with Gasteiger partial charge in [0.15, 0.2) is 0 Å². The van der Waals surface area contributed by atoms with Gasteiger partial charge in [0.1, 0.15) is 5.75 Å². The van der Waals surface area contributed by atoms with Crippen molar-refractivity contribution in [1.82, 2.24) is 5.32 Å². The topological polar surface area (TPSA) is 84.6 Å². The fourth-order valence-corrected chi connectivity index (χ4v) is 2.06. The normalized spacial score (nSPS) is 22.1. The van der Waals surface area contributed by atoms with Crippen LogP contribution in [0.4, 0.5) is 5.69 Å². The van der Waals surface area contributed by atoms with Crippen molar-refractivity contribution in [3.8, 4) is 5.75 Å². The zero-order chi connectivity index (χ0) is 13.1. The third kappa shape index (κ3) is 2.73. The van der Waals surface area contributed by atoms with Gasteiger partial charge >= 0.3 is 0 Å². The van der Waals surface area contributed by atoms with Crippen LogP contribution in [0.3, 0.4) is 0 Å². The van der Waals surface area contributed by atoms with E-state index in [1.807, 2.05) is 0 Å². The summed E-state index contributed by atoms with van der Waals surface area (Å²) in [6.07, 6.45) is 1.35. The van der Waals surface area contributed by atoms with Gasteiger partial charge in [-0.1, -0.05) is 0 Å². The number of carbonyl (C=O) groups excluding carboxylic acids is 1. The largest absolute Gasteiger partial charge is 0.495 e. The van der Waals surface area contributed by atoms with E-state index in [1.54, 1.807) is 18.2 Å². The summed E-state index contributed by atoms with van der Waals surface area (Å²) in [5.74, 6) is 0.746. The second-order valence-corrected chi connectivity index (χ2v) is 4.66. The van der Waals surface area contributed by atoms with Crippen LogP contribution in [-0.2, 0) is 0 Å². The van der Waals surface area contributed by atoms with Gasteiger partial charge in [0.2, 0.25) is 0 Å². The van der Waals surface area contributed by atoms with E-state index < -0.39 is 0 Å². The van der Waals surface area contributed by atoms with Crippen LogP contribution in [0.25, 0.3) is 0 Å². The van der Waals surface area contributed by atoms with E-state index in [0.717, 1.165) is 12.8 Å². The number of hydrogen-bond acceptors (Lipinski definition) is 4. The highest BCUT2D eigenvalue weighted by atomic mass is 16.5. The lowest BCUT2D eigenvalue weighted by atomic mass is 9.82. The molecular formula is C13H18N2O3. The first-order valence-electron chi connectivity index (χ1n) is 6.00. The summed E-state index contributed by atoms with van der Waals surface area (Å²) in [5.41, 5.74) is 6.72. The summed E-state index contributed by atoms with van der Waals surface area (Å²) in [5, 5.41) is 12.0. The zero-order valence-electron chi connectivity index (χ0n) is 10.3. The Morgan fingerprint density at radius 3 is 2.89 bits per heavy atom. The van der Waals surface area contributed by atoms with Crippen LogP contribution in [0.1, 0.15) is 23.2 Å². The minimum atomic E-state index is -0.191. The third-order valence-corrected chi connectivity index (χ3v) is 3.26. The maximum Gasteiger partial charge on any atom is 0.251 e. The highest BCUT2D eigenvalue weighted by Crippen LogP contribution is 2.26. The van der Waals surface area contributed by atoms with E-state index in [2.05, 4.69) is 5.32 Å². The lowest BCUT2D eigenvalue weighted by Crippen LogP contribution is -2.38. The van der Waals surface area contributed by atoms with Gasteiger partial charge in [-0.2, -0.15) is 0 Å². The zero-order valence-corrected chi connectivity index (χ0v) is 10.3. The van der Waals surface area contributed by atoms with Crippen molar-refractivity contribution in [2.75, 3.05) is 19.4 Å². The van der Waals surface area contributed by atoms with Crippen molar-refractivity contribution in [2.24, 2.45) is 5.92 Å². The quantitative estimate of drug-likeness (QED) is 0.689. The summed E-state index contributed by atoms with van der Waals surface area (Å²) < 4.78 is 5.07. The van der Waals surface area contributed by atoms with Gasteiger partial charge in [0, 0.05) is 12.1 Å². The first-order chi connectivity index (χ1) is 8.60. The van der Waals surface area contributed by atoms with Crippen LogP contribution in [0.2, 0.25) is 0 Å². The molecule has 0 heterocycles. The Labute approximate surface area is 106 Å². The van der Waals surface area contributed by atoms with Crippen molar-refractivity contribution >= 4 is 11.6 Å². The van der Waals surface area contributed by atoms with Crippen LogP contribution in [0.15, 0.2) is 18.2 Å². The maximum atomic E-state index is 11.9. The van der Waals surface area contributed by atoms with Gasteiger partial charge in [-0.15, -0.1) is 0 Å². The molecule has 0 aromatic heterocycles. The van der Waals surface area contributed by atoms with E-state index in [-0.39, 0.29) is 12.0 Å². The molecule has 5 heteroatoms. The van der Waals surface area contributed by atoms with E-state index in [0.29, 0.717) is 29.5 Å². The minimum absolute atomic E-state index is 0.144. The number of aliphatic hydroxyl groups excluding tert-OH is 1. The first-order valence-corrected chi connectivity index (χ1v) is 6.00. The number of methoxy groups -OCH3 is 1. The highest BCUT2D eigenvalue weighted by molar-refractivity contribution is 5.95. The summed E-state index contributed by atoms with van der Waals surface area (Å²) in [4.78, 5) is 11.9. The molecule has 1 fully saturated rings. The molecule has 0 unspecified atom stereocenters. The number of rotatable bonds is 4. The van der Waals surface area contributed by atoms with Crippen LogP contribution < -0.4 is 15.8 Å². The molecule has 0 saturated heterocycles. The number of benzene rings is 1. The second kappa shape index (κ2) is 5.27. The highest BCUT2D eigenvalue weighted by Gasteiger charge is 2.27. The van der Waals surface area contributed by atoms with Gasteiger partial charge in [-0.3, -0.25) is 4.79 Å². The average Bonchev–Trinajstić information content (AvgIpc) is 2.33. The number of hydrogen-bond donors (Lipinski definition) is 3. The van der Waals surface area contributed by atoms with Gasteiger partial charge < -0.3 is 20.9 Å². The Kier molecular flexibility index (Phi) is 3.72. The average molecular weight is 250 g/mol. The molecule has 1 aliphatic carbocycles. The van der Waals surface area contributed by atoms with E-state index >= 15 is 0 Å². The molecule has 2 rings (SSSR count). The summed E-state index contributed by atoms with van der Waals surface area (Å²) >= 11 is 0. The molecule has 1 aromatic rings. The number of ether oxygens (including phenoxy) is 1. The summed E-state index contributed by atoms with van der Waals surface area (Å²) in [7, 11) is 1.52. The predicted molar refractivity (Wildman–Crippen MR) is 68.5 cm³/mol. The maximum absolute atomic E-state index is 11.9. The molecule has 0 bridgehead atoms. The van der Waals surface area contributed by atoms with Gasteiger partial charge in [0.05, 0.1) is 18.9 Å². The van der Waals surface area contributed by atoms with Gasteiger partial charge in [-0.05, 0) is 37.0 Å². The molecule has 1 aromatic carbocycles. The monoisotopic (exact) mass is 250 g/mol. The van der Waals surface area contributed by atoms with Crippen molar-refractivity contribution in [1.29, 1.82) is 0 Å². The van der Waals surface area contributed by atoms with Crippen molar-refractivity contribution < 1.29 is 14.6 Å². The number of anilines is 1. The molecule has 0 aliphatic heterocycles. The van der Waals surface area contributed by atoms with Crippen LogP contribution in [0, 0.1) is 5.92 Å². The summed E-state index contributed by atoms with van der Waals surface area (Å²) in [6, 6.07) is 4.95. The second-order valence-electron chi connectivity index (χ2n) is 4.66. The number of nitrogens with one attached hydrogen (secondary N) is 1. The minimum Gasteiger partial charge on any atom is -0.495 e. The van der Waals surface area contributed by atoms with Crippen LogP contribution >= 0.6 is 0 Å². The molecule has 1 aliphatic rings. The smallest absolute Gasteiger partial charge is 0.251 e. The van der Waals surface area contributed by atoms with Gasteiger partial charge in [-0.25, -0.2) is 0 Å². The lowest BCUT2D eigenvalue weighted by molar-refractivity contribution is 0.0420. The van der Waals surface area contributed by atoms with Gasteiger partial charge in [0.25, 0.3) is 5.91 Å². The molecule has 5 nitrogen and oxygen atoms in total. The SMILES string of the molecule is COc1cc(C(=O)NCC2CC(O)C2)ccc1N. The van der Waals surface area contributed by atoms with E-state index in [4.69, 9.17) is 15.6 Å². The molecule has 4 N–H and O–H groups in total. The molecule has 0 atom stereocenters. The molecule has 1 amide bonds. The number of amides is 1. The van der Waals surface area contributed by atoms with Crippen molar-refractivity contribution in [2.45, 2.75) is 18.9 Å². The molecule has 0 spiro atoms. The number of nitrogens with two attached hydrogens (primary N) is 1. The summed E-state index contributed by atoms with van der Waals surface area (Å²) in [6.45, 7) is 0.600. The van der Waals surface area contributed by atoms with E-state index in [9.17, 15) is 4.79 Å². The van der Waals surface area contributed by atoms with Crippen molar-refractivity contribution in [3.63, 3.8) is 0 Å². The van der Waals surface area contributed by atoms with E-state index in [1.165, 1.54) is 7.11 Å².